The summed E-state index contributed by atoms with van der Waals surface area (Å²) in [6.45, 7) is 7.41. The van der Waals surface area contributed by atoms with E-state index in [0.717, 1.165) is 19.4 Å². The van der Waals surface area contributed by atoms with Crippen LogP contribution in [-0.4, -0.2) is 12.6 Å². The summed E-state index contributed by atoms with van der Waals surface area (Å²) >= 11 is 5.92. The van der Waals surface area contributed by atoms with Crippen LogP contribution in [-0.2, 0) is 6.42 Å². The molecule has 0 aliphatic carbocycles. The molecular formula is C15H23ClFN. The van der Waals surface area contributed by atoms with Crippen LogP contribution < -0.4 is 5.32 Å². The molecule has 0 radical (unpaired) electrons. The van der Waals surface area contributed by atoms with E-state index in [1.807, 2.05) is 0 Å². The lowest BCUT2D eigenvalue weighted by Crippen LogP contribution is -2.31. The largest absolute Gasteiger partial charge is 0.314 e. The molecule has 3 heteroatoms. The molecule has 0 aliphatic rings. The Balaban J connectivity index is 2.66. The van der Waals surface area contributed by atoms with Crippen molar-refractivity contribution in [3.05, 3.63) is 34.6 Å². The Kier molecular flexibility index (Phi) is 6.66. The predicted molar refractivity (Wildman–Crippen MR) is 76.7 cm³/mol. The fourth-order valence-corrected chi connectivity index (χ4v) is 2.26. The van der Waals surface area contributed by atoms with Crippen LogP contribution in [0.2, 0.25) is 5.02 Å². The third-order valence-corrected chi connectivity index (χ3v) is 3.29. The van der Waals surface area contributed by atoms with Crippen LogP contribution >= 0.6 is 11.6 Å². The zero-order valence-corrected chi connectivity index (χ0v) is 12.2. The van der Waals surface area contributed by atoms with Crippen LogP contribution in [0.15, 0.2) is 18.2 Å². The normalized spacial score (nSPS) is 13.0. The number of halogens is 2. The Labute approximate surface area is 115 Å². The Hall–Kier alpha value is -0.600. The molecule has 1 N–H and O–H groups in total. The first-order valence-corrected chi connectivity index (χ1v) is 7.08. The van der Waals surface area contributed by atoms with Gasteiger partial charge in [0, 0.05) is 11.1 Å². The van der Waals surface area contributed by atoms with E-state index in [1.54, 1.807) is 12.1 Å². The molecule has 1 aromatic carbocycles. The summed E-state index contributed by atoms with van der Waals surface area (Å²) in [7, 11) is 0. The predicted octanol–water partition coefficient (Wildman–Crippen LogP) is 4.44. The highest BCUT2D eigenvalue weighted by atomic mass is 35.5. The van der Waals surface area contributed by atoms with Crippen molar-refractivity contribution in [3.63, 3.8) is 0 Å². The van der Waals surface area contributed by atoms with Crippen LogP contribution in [0.25, 0.3) is 0 Å². The number of hydrogen-bond acceptors (Lipinski definition) is 1. The third kappa shape index (κ3) is 5.36. The van der Waals surface area contributed by atoms with Crippen molar-refractivity contribution in [2.75, 3.05) is 6.54 Å². The molecule has 0 spiro atoms. The molecule has 0 heterocycles. The smallest absolute Gasteiger partial charge is 0.126 e. The van der Waals surface area contributed by atoms with E-state index in [2.05, 4.69) is 26.1 Å². The number of likely N-dealkylation sites (N-methyl/N-ethyl adjacent to an activating group) is 1. The van der Waals surface area contributed by atoms with Crippen molar-refractivity contribution in [1.82, 2.24) is 5.32 Å². The SMILES string of the molecule is CCNC(CCC(C)C)Cc1cc(Cl)ccc1F. The highest BCUT2D eigenvalue weighted by Gasteiger charge is 2.12. The van der Waals surface area contributed by atoms with Gasteiger partial charge in [0.15, 0.2) is 0 Å². The summed E-state index contributed by atoms with van der Waals surface area (Å²) in [5.41, 5.74) is 0.706. The summed E-state index contributed by atoms with van der Waals surface area (Å²) in [4.78, 5) is 0. The fraction of sp³-hybridized carbons (Fsp3) is 0.600. The van der Waals surface area contributed by atoms with Crippen LogP contribution in [0.5, 0.6) is 0 Å². The molecular weight excluding hydrogens is 249 g/mol. The van der Waals surface area contributed by atoms with Crippen LogP contribution in [0, 0.1) is 11.7 Å². The van der Waals surface area contributed by atoms with Crippen molar-refractivity contribution in [1.29, 1.82) is 0 Å². The Morgan fingerprint density at radius 2 is 2.00 bits per heavy atom. The Bertz CT molecular complexity index is 366. The van der Waals surface area contributed by atoms with E-state index in [0.29, 0.717) is 29.0 Å². The monoisotopic (exact) mass is 271 g/mol. The number of benzene rings is 1. The van der Waals surface area contributed by atoms with Gasteiger partial charge in [0.25, 0.3) is 0 Å². The first-order valence-electron chi connectivity index (χ1n) is 6.70. The lowest BCUT2D eigenvalue weighted by atomic mass is 9.97. The zero-order valence-electron chi connectivity index (χ0n) is 11.5. The second kappa shape index (κ2) is 7.75. The molecule has 1 nitrogen and oxygen atoms in total. The van der Waals surface area contributed by atoms with Gasteiger partial charge in [-0.2, -0.15) is 0 Å². The van der Waals surface area contributed by atoms with E-state index in [-0.39, 0.29) is 5.82 Å². The minimum Gasteiger partial charge on any atom is -0.314 e. The van der Waals surface area contributed by atoms with Gasteiger partial charge in [0.1, 0.15) is 5.82 Å². The molecule has 0 saturated heterocycles. The summed E-state index contributed by atoms with van der Waals surface area (Å²) in [5.74, 6) is 0.516. The first kappa shape index (κ1) is 15.5. The van der Waals surface area contributed by atoms with E-state index in [4.69, 9.17) is 11.6 Å². The van der Waals surface area contributed by atoms with Gasteiger partial charge >= 0.3 is 0 Å². The molecule has 18 heavy (non-hydrogen) atoms. The van der Waals surface area contributed by atoms with E-state index < -0.39 is 0 Å². The van der Waals surface area contributed by atoms with Gasteiger partial charge in [0.2, 0.25) is 0 Å². The van der Waals surface area contributed by atoms with Gasteiger partial charge < -0.3 is 5.32 Å². The van der Waals surface area contributed by atoms with Gasteiger partial charge in [-0.25, -0.2) is 4.39 Å². The standard InChI is InChI=1S/C15H23ClFN/c1-4-18-14(7-5-11(2)3)10-12-9-13(16)6-8-15(12)17/h6,8-9,11,14,18H,4-5,7,10H2,1-3H3. The summed E-state index contributed by atoms with van der Waals surface area (Å²) < 4.78 is 13.7. The molecule has 0 aromatic heterocycles. The number of hydrogen-bond donors (Lipinski definition) is 1. The quantitative estimate of drug-likeness (QED) is 0.773. The molecule has 1 unspecified atom stereocenters. The fourth-order valence-electron chi connectivity index (χ4n) is 2.06. The topological polar surface area (TPSA) is 12.0 Å². The maximum atomic E-state index is 13.7. The molecule has 0 saturated carbocycles. The van der Waals surface area contributed by atoms with Crippen LogP contribution in [0.3, 0.4) is 0 Å². The van der Waals surface area contributed by atoms with E-state index >= 15 is 0 Å². The second-order valence-corrected chi connectivity index (χ2v) is 5.60. The maximum Gasteiger partial charge on any atom is 0.126 e. The van der Waals surface area contributed by atoms with Gasteiger partial charge in [-0.05, 0) is 55.5 Å². The van der Waals surface area contributed by atoms with Gasteiger partial charge in [0.05, 0.1) is 0 Å². The number of nitrogens with one attached hydrogen (secondary N) is 1. The lowest BCUT2D eigenvalue weighted by Gasteiger charge is -2.19. The van der Waals surface area contributed by atoms with Crippen molar-refractivity contribution >= 4 is 11.6 Å². The molecule has 0 amide bonds. The van der Waals surface area contributed by atoms with Gasteiger partial charge in [-0.15, -0.1) is 0 Å². The van der Waals surface area contributed by atoms with Crippen molar-refractivity contribution in [2.45, 2.75) is 46.1 Å². The molecule has 1 aromatic rings. The molecule has 0 bridgehead atoms. The van der Waals surface area contributed by atoms with Crippen molar-refractivity contribution in [2.24, 2.45) is 5.92 Å². The summed E-state index contributed by atoms with van der Waals surface area (Å²) in [6, 6.07) is 5.10. The van der Waals surface area contributed by atoms with Crippen molar-refractivity contribution < 1.29 is 4.39 Å². The Morgan fingerprint density at radius 1 is 1.28 bits per heavy atom. The first-order chi connectivity index (χ1) is 8.52. The number of rotatable bonds is 7. The van der Waals surface area contributed by atoms with Crippen molar-refractivity contribution in [3.8, 4) is 0 Å². The minimum absolute atomic E-state index is 0.160. The summed E-state index contributed by atoms with van der Waals surface area (Å²) in [6.07, 6.45) is 2.92. The lowest BCUT2D eigenvalue weighted by molar-refractivity contribution is 0.429. The highest BCUT2D eigenvalue weighted by Crippen LogP contribution is 2.18. The minimum atomic E-state index is -0.160. The molecule has 1 atom stereocenters. The molecule has 0 fully saturated rings. The highest BCUT2D eigenvalue weighted by molar-refractivity contribution is 6.30. The van der Waals surface area contributed by atoms with E-state index in [1.165, 1.54) is 6.07 Å². The van der Waals surface area contributed by atoms with E-state index in [9.17, 15) is 4.39 Å². The molecule has 1 rings (SSSR count). The summed E-state index contributed by atoms with van der Waals surface area (Å²) in [5, 5.41) is 4.03. The van der Waals surface area contributed by atoms with Crippen LogP contribution in [0.1, 0.15) is 39.2 Å². The van der Waals surface area contributed by atoms with Gasteiger partial charge in [-0.1, -0.05) is 32.4 Å². The average Bonchev–Trinajstić information content (AvgIpc) is 2.31. The molecule has 102 valence electrons. The zero-order chi connectivity index (χ0) is 13.5. The second-order valence-electron chi connectivity index (χ2n) is 5.17. The van der Waals surface area contributed by atoms with Crippen LogP contribution in [0.4, 0.5) is 4.39 Å². The maximum absolute atomic E-state index is 13.7. The molecule has 0 aliphatic heterocycles. The van der Waals surface area contributed by atoms with Gasteiger partial charge in [-0.3, -0.25) is 0 Å². The third-order valence-electron chi connectivity index (χ3n) is 3.06. The Morgan fingerprint density at radius 3 is 2.61 bits per heavy atom. The average molecular weight is 272 g/mol.